The topological polar surface area (TPSA) is 69.7 Å². The summed E-state index contributed by atoms with van der Waals surface area (Å²) in [5.41, 5.74) is -1.00. The third kappa shape index (κ3) is 4.55. The zero-order valence-corrected chi connectivity index (χ0v) is 15.5. The second-order valence-electron chi connectivity index (χ2n) is 6.85. The van der Waals surface area contributed by atoms with Gasteiger partial charge in [-0.15, -0.1) is 0 Å². The molecule has 1 heterocycles. The number of carbonyl (C=O) groups excluding carboxylic acids is 1. The average Bonchev–Trinajstić information content (AvgIpc) is 3.14. The number of amides is 2. The van der Waals surface area contributed by atoms with Crippen molar-refractivity contribution in [1.29, 1.82) is 0 Å². The van der Waals surface area contributed by atoms with Crippen molar-refractivity contribution in [3.05, 3.63) is 29.8 Å². The average molecular weight is 405 g/mol. The van der Waals surface area contributed by atoms with Crippen molar-refractivity contribution in [1.82, 2.24) is 14.5 Å². The van der Waals surface area contributed by atoms with Gasteiger partial charge in [-0.2, -0.15) is 17.5 Å². The van der Waals surface area contributed by atoms with E-state index in [1.807, 2.05) is 0 Å². The van der Waals surface area contributed by atoms with E-state index in [1.165, 1.54) is 0 Å². The summed E-state index contributed by atoms with van der Waals surface area (Å²) >= 11 is 0. The normalized spacial score (nSPS) is 20.0. The Labute approximate surface area is 156 Å². The van der Waals surface area contributed by atoms with Crippen LogP contribution in [0.4, 0.5) is 18.0 Å². The molecule has 0 unspecified atom stereocenters. The van der Waals surface area contributed by atoms with Crippen molar-refractivity contribution in [3.8, 4) is 0 Å². The molecule has 10 heteroatoms. The number of nitrogens with zero attached hydrogens (tertiary/aromatic N) is 2. The number of sulfonamides is 1. The van der Waals surface area contributed by atoms with Crippen LogP contribution in [0.3, 0.4) is 0 Å². The molecule has 1 aromatic rings. The van der Waals surface area contributed by atoms with E-state index in [0.717, 1.165) is 48.2 Å². The highest BCUT2D eigenvalue weighted by Crippen LogP contribution is 2.31. The number of piperazine rings is 1. The number of rotatable bonds is 3. The van der Waals surface area contributed by atoms with Gasteiger partial charge in [0.05, 0.1) is 10.5 Å². The lowest BCUT2D eigenvalue weighted by molar-refractivity contribution is -0.137. The van der Waals surface area contributed by atoms with E-state index in [9.17, 15) is 26.4 Å². The van der Waals surface area contributed by atoms with Crippen LogP contribution in [0, 0.1) is 0 Å². The summed E-state index contributed by atoms with van der Waals surface area (Å²) in [6, 6.07) is 3.69. The third-order valence-corrected chi connectivity index (χ3v) is 6.90. The largest absolute Gasteiger partial charge is 0.416 e. The minimum absolute atomic E-state index is 0.0522. The van der Waals surface area contributed by atoms with Crippen molar-refractivity contribution in [3.63, 3.8) is 0 Å². The van der Waals surface area contributed by atoms with Crippen LogP contribution in [0.1, 0.15) is 31.2 Å². The van der Waals surface area contributed by atoms with Crippen LogP contribution in [0.2, 0.25) is 0 Å². The summed E-state index contributed by atoms with van der Waals surface area (Å²) in [6.07, 6.45) is -0.518. The van der Waals surface area contributed by atoms with Crippen molar-refractivity contribution in [2.24, 2.45) is 0 Å². The zero-order chi connectivity index (χ0) is 19.7. The van der Waals surface area contributed by atoms with Crippen LogP contribution in [-0.4, -0.2) is 55.9 Å². The fraction of sp³-hybridized carbons (Fsp3) is 0.588. The highest BCUT2D eigenvalue weighted by atomic mass is 32.2. The predicted molar refractivity (Wildman–Crippen MR) is 92.6 cm³/mol. The van der Waals surface area contributed by atoms with Gasteiger partial charge in [0.2, 0.25) is 10.0 Å². The van der Waals surface area contributed by atoms with E-state index in [0.29, 0.717) is 6.07 Å². The van der Waals surface area contributed by atoms with E-state index in [1.54, 1.807) is 4.90 Å². The van der Waals surface area contributed by atoms with Crippen LogP contribution in [-0.2, 0) is 16.2 Å². The van der Waals surface area contributed by atoms with Crippen LogP contribution in [0.5, 0.6) is 0 Å². The molecule has 0 spiro atoms. The molecule has 1 N–H and O–H groups in total. The Morgan fingerprint density at radius 1 is 1.07 bits per heavy atom. The lowest BCUT2D eigenvalue weighted by Gasteiger charge is -2.34. The molecule has 1 aromatic carbocycles. The van der Waals surface area contributed by atoms with Gasteiger partial charge >= 0.3 is 12.2 Å². The summed E-state index contributed by atoms with van der Waals surface area (Å²) in [4.78, 5) is 13.4. The molecular formula is C17H22F3N3O3S. The van der Waals surface area contributed by atoms with Gasteiger partial charge < -0.3 is 10.2 Å². The fourth-order valence-electron chi connectivity index (χ4n) is 3.45. The summed E-state index contributed by atoms with van der Waals surface area (Å²) in [5, 5.41) is 2.95. The van der Waals surface area contributed by atoms with E-state index in [-0.39, 0.29) is 43.1 Å². The number of carbonyl (C=O) groups is 1. The molecule has 1 saturated heterocycles. The molecule has 27 heavy (non-hydrogen) atoms. The molecule has 0 aromatic heterocycles. The van der Waals surface area contributed by atoms with E-state index in [4.69, 9.17) is 0 Å². The molecule has 150 valence electrons. The lowest BCUT2D eigenvalue weighted by Crippen LogP contribution is -2.54. The maximum atomic E-state index is 12.8. The van der Waals surface area contributed by atoms with Gasteiger partial charge in [0.15, 0.2) is 0 Å². The summed E-state index contributed by atoms with van der Waals surface area (Å²) < 4.78 is 65.0. The van der Waals surface area contributed by atoms with Crippen molar-refractivity contribution < 1.29 is 26.4 Å². The number of benzene rings is 1. The number of nitrogens with one attached hydrogen (secondary N) is 1. The zero-order valence-electron chi connectivity index (χ0n) is 14.7. The number of hydrogen-bond donors (Lipinski definition) is 1. The maximum Gasteiger partial charge on any atom is 0.416 e. The Morgan fingerprint density at radius 3 is 2.30 bits per heavy atom. The Balaban J connectivity index is 1.63. The van der Waals surface area contributed by atoms with Gasteiger partial charge in [0.1, 0.15) is 0 Å². The van der Waals surface area contributed by atoms with E-state index in [2.05, 4.69) is 5.32 Å². The van der Waals surface area contributed by atoms with E-state index >= 15 is 0 Å². The fourth-order valence-corrected chi connectivity index (χ4v) is 4.92. The smallest absolute Gasteiger partial charge is 0.335 e. The molecule has 2 aliphatic rings. The van der Waals surface area contributed by atoms with Crippen molar-refractivity contribution in [2.45, 2.75) is 42.8 Å². The molecule has 1 aliphatic carbocycles. The SMILES string of the molecule is O=C(NC1CCCC1)N1CCN(S(=O)(=O)c2cccc(C(F)(F)F)c2)CC1. The molecule has 0 atom stereocenters. The molecular weight excluding hydrogens is 383 g/mol. The number of urea groups is 1. The Bertz CT molecular complexity index is 784. The van der Waals surface area contributed by atoms with Crippen LogP contribution in [0.15, 0.2) is 29.2 Å². The predicted octanol–water partition coefficient (Wildman–Crippen LogP) is 2.66. The first kappa shape index (κ1) is 19.9. The van der Waals surface area contributed by atoms with Crippen molar-refractivity contribution >= 4 is 16.1 Å². The molecule has 0 radical (unpaired) electrons. The number of hydrogen-bond acceptors (Lipinski definition) is 3. The first-order chi connectivity index (χ1) is 12.7. The monoisotopic (exact) mass is 405 g/mol. The first-order valence-corrected chi connectivity index (χ1v) is 10.3. The highest BCUT2D eigenvalue weighted by Gasteiger charge is 2.34. The van der Waals surface area contributed by atoms with Gasteiger partial charge in [-0.05, 0) is 31.0 Å². The van der Waals surface area contributed by atoms with Crippen LogP contribution >= 0.6 is 0 Å². The van der Waals surface area contributed by atoms with Gasteiger partial charge in [-0.3, -0.25) is 0 Å². The summed E-state index contributed by atoms with van der Waals surface area (Å²) in [7, 11) is -4.04. The quantitative estimate of drug-likeness (QED) is 0.841. The molecule has 2 amide bonds. The first-order valence-electron chi connectivity index (χ1n) is 8.91. The van der Waals surface area contributed by atoms with Gasteiger partial charge in [-0.25, -0.2) is 13.2 Å². The molecule has 1 aliphatic heterocycles. The molecule has 6 nitrogen and oxygen atoms in total. The van der Waals surface area contributed by atoms with Crippen molar-refractivity contribution in [2.75, 3.05) is 26.2 Å². The molecule has 1 saturated carbocycles. The minimum atomic E-state index is -4.61. The second-order valence-corrected chi connectivity index (χ2v) is 8.79. The Hall–Kier alpha value is -1.81. The molecule has 0 bridgehead atoms. The minimum Gasteiger partial charge on any atom is -0.335 e. The summed E-state index contributed by atoms with van der Waals surface area (Å²) in [6.45, 7) is 0.515. The van der Waals surface area contributed by atoms with Crippen LogP contribution in [0.25, 0.3) is 0 Å². The number of halogens is 3. The maximum absolute atomic E-state index is 12.8. The second kappa shape index (κ2) is 7.67. The standard InChI is InChI=1S/C17H22F3N3O3S/c18-17(19,20)13-4-3-7-15(12-13)27(25,26)23-10-8-22(9-11-23)16(24)21-14-5-1-2-6-14/h3-4,7,12,14H,1-2,5-6,8-11H2,(H,21,24). The number of alkyl halides is 3. The van der Waals surface area contributed by atoms with Gasteiger partial charge in [0, 0.05) is 32.2 Å². The van der Waals surface area contributed by atoms with Gasteiger partial charge in [-0.1, -0.05) is 18.9 Å². The highest BCUT2D eigenvalue weighted by molar-refractivity contribution is 7.89. The van der Waals surface area contributed by atoms with Gasteiger partial charge in [0.25, 0.3) is 0 Å². The van der Waals surface area contributed by atoms with Crippen LogP contribution < -0.4 is 5.32 Å². The molecule has 2 fully saturated rings. The lowest BCUT2D eigenvalue weighted by atomic mass is 10.2. The Morgan fingerprint density at radius 2 is 1.70 bits per heavy atom. The Kier molecular flexibility index (Phi) is 5.66. The summed E-state index contributed by atoms with van der Waals surface area (Å²) in [5.74, 6) is 0. The van der Waals surface area contributed by atoms with E-state index < -0.39 is 21.8 Å². The molecule has 3 rings (SSSR count). The third-order valence-electron chi connectivity index (χ3n) is 5.01.